The standard InChI is InChI=1S/C20H22N2O4S/c1-14-3-6-17(7-4-14)27(24,25)13-20(23)21-10-9-15-12-22-19-8-5-16(26-2)11-18(15)19/h3-8,11-12,22H,9-10,13H2,1-2H3,(H,21,23). The van der Waals surface area contributed by atoms with Gasteiger partial charge in [-0.05, 0) is 49.2 Å². The number of carbonyl (C=O) groups is 1. The fraction of sp³-hybridized carbons (Fsp3) is 0.250. The first kappa shape index (κ1) is 19.0. The molecule has 0 bridgehead atoms. The van der Waals surface area contributed by atoms with Crippen LogP contribution in [0.3, 0.4) is 0 Å². The Bertz CT molecular complexity index is 1050. The zero-order chi connectivity index (χ0) is 19.4. The molecule has 0 saturated heterocycles. The molecule has 0 aliphatic heterocycles. The van der Waals surface area contributed by atoms with Gasteiger partial charge in [-0.3, -0.25) is 4.79 Å². The van der Waals surface area contributed by atoms with Gasteiger partial charge >= 0.3 is 0 Å². The second-order valence-corrected chi connectivity index (χ2v) is 8.39. The zero-order valence-corrected chi connectivity index (χ0v) is 16.1. The molecule has 1 aromatic heterocycles. The van der Waals surface area contributed by atoms with E-state index in [9.17, 15) is 13.2 Å². The average molecular weight is 386 g/mol. The summed E-state index contributed by atoms with van der Waals surface area (Å²) in [5.74, 6) is -0.304. The molecule has 142 valence electrons. The third kappa shape index (κ3) is 4.49. The minimum absolute atomic E-state index is 0.159. The highest BCUT2D eigenvalue weighted by molar-refractivity contribution is 7.92. The van der Waals surface area contributed by atoms with Crippen molar-refractivity contribution in [1.82, 2.24) is 10.3 Å². The van der Waals surface area contributed by atoms with Crippen molar-refractivity contribution in [3.8, 4) is 5.75 Å². The molecule has 0 aliphatic rings. The Kier molecular flexibility index (Phi) is 5.51. The fourth-order valence-corrected chi connectivity index (χ4v) is 4.05. The Morgan fingerprint density at radius 3 is 2.59 bits per heavy atom. The molecule has 0 atom stereocenters. The molecule has 0 spiro atoms. The summed E-state index contributed by atoms with van der Waals surface area (Å²) in [5, 5.41) is 3.71. The lowest BCUT2D eigenvalue weighted by Gasteiger charge is -2.07. The SMILES string of the molecule is COc1ccc2[nH]cc(CCNC(=O)CS(=O)(=O)c3ccc(C)cc3)c2c1. The van der Waals surface area contributed by atoms with Gasteiger partial charge in [0.1, 0.15) is 11.5 Å². The van der Waals surface area contributed by atoms with Crippen LogP contribution in [0.1, 0.15) is 11.1 Å². The number of rotatable bonds is 7. The van der Waals surface area contributed by atoms with Crippen LogP contribution in [0.25, 0.3) is 10.9 Å². The van der Waals surface area contributed by atoms with Crippen LogP contribution in [0.4, 0.5) is 0 Å². The molecule has 2 aromatic carbocycles. The number of aryl methyl sites for hydroxylation is 1. The number of aromatic nitrogens is 1. The smallest absolute Gasteiger partial charge is 0.235 e. The number of carbonyl (C=O) groups excluding carboxylic acids is 1. The van der Waals surface area contributed by atoms with Gasteiger partial charge in [-0.1, -0.05) is 17.7 Å². The van der Waals surface area contributed by atoms with E-state index in [0.29, 0.717) is 13.0 Å². The third-order valence-electron chi connectivity index (χ3n) is 4.39. The largest absolute Gasteiger partial charge is 0.497 e. The van der Waals surface area contributed by atoms with Gasteiger partial charge in [-0.2, -0.15) is 0 Å². The van der Waals surface area contributed by atoms with Crippen molar-refractivity contribution >= 4 is 26.6 Å². The van der Waals surface area contributed by atoms with Crippen molar-refractivity contribution in [2.24, 2.45) is 0 Å². The average Bonchev–Trinajstić information content (AvgIpc) is 3.04. The lowest BCUT2D eigenvalue weighted by molar-refractivity contribution is -0.118. The lowest BCUT2D eigenvalue weighted by Crippen LogP contribution is -2.31. The first-order valence-electron chi connectivity index (χ1n) is 8.59. The van der Waals surface area contributed by atoms with E-state index >= 15 is 0 Å². The number of methoxy groups -OCH3 is 1. The highest BCUT2D eigenvalue weighted by atomic mass is 32.2. The van der Waals surface area contributed by atoms with E-state index in [2.05, 4.69) is 10.3 Å². The summed E-state index contributed by atoms with van der Waals surface area (Å²) < 4.78 is 29.9. The Labute approximate surface area is 158 Å². The number of sulfone groups is 1. The molecular weight excluding hydrogens is 364 g/mol. The first-order chi connectivity index (χ1) is 12.9. The maximum Gasteiger partial charge on any atom is 0.235 e. The second-order valence-electron chi connectivity index (χ2n) is 6.40. The van der Waals surface area contributed by atoms with Crippen LogP contribution in [-0.4, -0.2) is 38.7 Å². The summed E-state index contributed by atoms with van der Waals surface area (Å²) in [6.07, 6.45) is 2.47. The lowest BCUT2D eigenvalue weighted by atomic mass is 10.1. The van der Waals surface area contributed by atoms with E-state index in [0.717, 1.165) is 27.8 Å². The van der Waals surface area contributed by atoms with E-state index < -0.39 is 21.5 Å². The van der Waals surface area contributed by atoms with E-state index in [1.807, 2.05) is 31.3 Å². The van der Waals surface area contributed by atoms with Crippen LogP contribution in [0, 0.1) is 6.92 Å². The van der Waals surface area contributed by atoms with Gasteiger partial charge in [0.2, 0.25) is 5.91 Å². The maximum atomic E-state index is 12.3. The molecule has 0 unspecified atom stereocenters. The van der Waals surface area contributed by atoms with E-state index in [1.54, 1.807) is 19.2 Å². The number of H-pyrrole nitrogens is 1. The Balaban J connectivity index is 1.59. The molecule has 27 heavy (non-hydrogen) atoms. The van der Waals surface area contributed by atoms with Crippen LogP contribution >= 0.6 is 0 Å². The van der Waals surface area contributed by atoms with Crippen molar-refractivity contribution in [2.75, 3.05) is 19.4 Å². The molecule has 2 N–H and O–H groups in total. The summed E-state index contributed by atoms with van der Waals surface area (Å²) in [4.78, 5) is 15.4. The molecule has 0 saturated carbocycles. The van der Waals surface area contributed by atoms with Gasteiger partial charge in [0, 0.05) is 23.6 Å². The number of amides is 1. The van der Waals surface area contributed by atoms with Gasteiger partial charge < -0.3 is 15.0 Å². The zero-order valence-electron chi connectivity index (χ0n) is 15.3. The topological polar surface area (TPSA) is 88.3 Å². The minimum Gasteiger partial charge on any atom is -0.497 e. The summed E-state index contributed by atoms with van der Waals surface area (Å²) in [7, 11) is -2.03. The van der Waals surface area contributed by atoms with E-state index in [1.165, 1.54) is 12.1 Å². The van der Waals surface area contributed by atoms with Gasteiger partial charge in [0.15, 0.2) is 9.84 Å². The van der Waals surface area contributed by atoms with E-state index in [4.69, 9.17) is 4.74 Å². The molecule has 0 fully saturated rings. The molecule has 7 heteroatoms. The molecule has 3 aromatic rings. The summed E-state index contributed by atoms with van der Waals surface area (Å²) in [6, 6.07) is 12.2. The van der Waals surface area contributed by atoms with Crippen molar-refractivity contribution < 1.29 is 17.9 Å². The molecule has 3 rings (SSSR count). The van der Waals surface area contributed by atoms with Crippen molar-refractivity contribution in [2.45, 2.75) is 18.2 Å². The predicted molar refractivity (Wildman–Crippen MR) is 105 cm³/mol. The quantitative estimate of drug-likeness (QED) is 0.653. The Morgan fingerprint density at radius 2 is 1.89 bits per heavy atom. The number of hydrogen-bond acceptors (Lipinski definition) is 4. The third-order valence-corrected chi connectivity index (χ3v) is 6.02. The number of nitrogens with one attached hydrogen (secondary N) is 2. The molecule has 1 amide bonds. The molecular formula is C20H22N2O4S. The molecule has 0 aliphatic carbocycles. The van der Waals surface area contributed by atoms with Gasteiger partial charge in [0.05, 0.1) is 12.0 Å². The van der Waals surface area contributed by atoms with Crippen molar-refractivity contribution in [3.05, 3.63) is 59.8 Å². The fourth-order valence-electron chi connectivity index (χ4n) is 2.88. The number of aromatic amines is 1. The minimum atomic E-state index is -3.64. The van der Waals surface area contributed by atoms with Crippen LogP contribution in [-0.2, 0) is 21.1 Å². The molecule has 1 heterocycles. The number of hydrogen-bond donors (Lipinski definition) is 2. The van der Waals surface area contributed by atoms with Crippen LogP contribution < -0.4 is 10.1 Å². The second kappa shape index (κ2) is 7.84. The number of benzene rings is 2. The highest BCUT2D eigenvalue weighted by Crippen LogP contribution is 2.23. The first-order valence-corrected chi connectivity index (χ1v) is 10.2. The number of ether oxygens (including phenoxy) is 1. The summed E-state index contributed by atoms with van der Waals surface area (Å²) >= 11 is 0. The Morgan fingerprint density at radius 1 is 1.15 bits per heavy atom. The van der Waals surface area contributed by atoms with Gasteiger partial charge in [0.25, 0.3) is 0 Å². The van der Waals surface area contributed by atoms with Gasteiger partial charge in [-0.25, -0.2) is 8.42 Å². The van der Waals surface area contributed by atoms with Crippen molar-refractivity contribution in [1.29, 1.82) is 0 Å². The Hall–Kier alpha value is -2.80. The van der Waals surface area contributed by atoms with Crippen molar-refractivity contribution in [3.63, 3.8) is 0 Å². The maximum absolute atomic E-state index is 12.3. The van der Waals surface area contributed by atoms with Crippen LogP contribution in [0.2, 0.25) is 0 Å². The van der Waals surface area contributed by atoms with Crippen LogP contribution in [0.15, 0.2) is 53.6 Å². The van der Waals surface area contributed by atoms with Crippen LogP contribution in [0.5, 0.6) is 5.75 Å². The van der Waals surface area contributed by atoms with Gasteiger partial charge in [-0.15, -0.1) is 0 Å². The molecule has 6 nitrogen and oxygen atoms in total. The normalized spacial score (nSPS) is 11.5. The molecule has 0 radical (unpaired) electrons. The van der Waals surface area contributed by atoms with E-state index in [-0.39, 0.29) is 4.90 Å². The number of fused-ring (bicyclic) bond motifs is 1. The summed E-state index contributed by atoms with van der Waals surface area (Å²) in [6.45, 7) is 2.23. The summed E-state index contributed by atoms with van der Waals surface area (Å²) in [5.41, 5.74) is 2.98. The monoisotopic (exact) mass is 386 g/mol. The predicted octanol–water partition coefficient (Wildman–Crippen LogP) is 2.62. The highest BCUT2D eigenvalue weighted by Gasteiger charge is 2.19.